The summed E-state index contributed by atoms with van der Waals surface area (Å²) in [6, 6.07) is 0. The highest BCUT2D eigenvalue weighted by molar-refractivity contribution is 5.57. The van der Waals surface area contributed by atoms with E-state index in [1.54, 1.807) is 6.08 Å². The first kappa shape index (κ1) is 25.3. The van der Waals surface area contributed by atoms with Gasteiger partial charge in [0, 0.05) is 11.1 Å². The lowest BCUT2D eigenvalue weighted by Crippen LogP contribution is -2.68. The van der Waals surface area contributed by atoms with Gasteiger partial charge in [-0.25, -0.2) is 0 Å². The van der Waals surface area contributed by atoms with Crippen molar-refractivity contribution >= 4 is 0 Å². The molecule has 35 heavy (non-hydrogen) atoms. The summed E-state index contributed by atoms with van der Waals surface area (Å²) in [6.45, 7) is 11.2. The molecule has 1 N–H and O–H groups in total. The molecule has 6 aliphatic rings. The van der Waals surface area contributed by atoms with Crippen molar-refractivity contribution in [3.63, 3.8) is 0 Å². The minimum atomic E-state index is -0.182. The lowest BCUT2D eigenvalue weighted by Gasteiger charge is -2.54. The second-order valence-corrected chi connectivity index (χ2v) is 11.3. The van der Waals surface area contributed by atoms with Crippen LogP contribution >= 0.6 is 0 Å². The molecule has 184 valence electrons. The largest absolute Gasteiger partial charge is 0.505 e. The maximum absolute atomic E-state index is 10.2. The van der Waals surface area contributed by atoms with Crippen LogP contribution in [0.3, 0.4) is 0 Å². The van der Waals surface area contributed by atoms with Crippen molar-refractivity contribution < 1.29 is 9.80 Å². The van der Waals surface area contributed by atoms with E-state index in [9.17, 15) is 5.53 Å². The molecule has 2 spiro atoms. The van der Waals surface area contributed by atoms with Crippen LogP contribution in [0.15, 0.2) is 106 Å². The molecule has 6 rings (SSSR count). The van der Waals surface area contributed by atoms with Crippen LogP contribution in [0.25, 0.3) is 5.53 Å². The van der Waals surface area contributed by atoms with Crippen LogP contribution in [0.4, 0.5) is 0 Å². The van der Waals surface area contributed by atoms with E-state index >= 15 is 0 Å². The summed E-state index contributed by atoms with van der Waals surface area (Å²) in [6.07, 6.45) is 31.1. The predicted octanol–water partition coefficient (Wildman–Crippen LogP) is 7.81. The van der Waals surface area contributed by atoms with Crippen LogP contribution in [0.2, 0.25) is 0 Å². The molecule has 1 fully saturated rings. The maximum atomic E-state index is 10.2. The molecular formula is C32H40N2O. The molecule has 2 heterocycles. The van der Waals surface area contributed by atoms with Gasteiger partial charge in [-0.1, -0.05) is 85.3 Å². The Morgan fingerprint density at radius 2 is 1.94 bits per heavy atom. The van der Waals surface area contributed by atoms with Gasteiger partial charge in [0.25, 0.3) is 0 Å². The molecule has 0 aromatic rings. The fourth-order valence-electron chi connectivity index (χ4n) is 6.16. The van der Waals surface area contributed by atoms with Crippen LogP contribution in [0, 0.1) is 5.41 Å². The van der Waals surface area contributed by atoms with Gasteiger partial charge in [0.1, 0.15) is 0 Å². The van der Waals surface area contributed by atoms with Crippen LogP contribution in [0.5, 0.6) is 0 Å². The summed E-state index contributed by atoms with van der Waals surface area (Å²) in [5.41, 5.74) is 18.1. The van der Waals surface area contributed by atoms with Crippen LogP contribution in [0.1, 0.15) is 66.7 Å². The Labute approximate surface area is 211 Å². The first-order valence-electron chi connectivity index (χ1n) is 12.9. The molecule has 2 atom stereocenters. The third-order valence-electron chi connectivity index (χ3n) is 8.25. The van der Waals surface area contributed by atoms with Gasteiger partial charge in [0.2, 0.25) is 5.54 Å². The van der Waals surface area contributed by atoms with Gasteiger partial charge >= 0.3 is 0 Å². The van der Waals surface area contributed by atoms with E-state index in [4.69, 9.17) is 5.11 Å². The van der Waals surface area contributed by atoms with Crippen molar-refractivity contribution in [1.29, 1.82) is 0 Å². The molecule has 0 radical (unpaired) electrons. The van der Waals surface area contributed by atoms with Crippen molar-refractivity contribution in [1.82, 2.24) is 0 Å². The lowest BCUT2D eigenvalue weighted by molar-refractivity contribution is -0.722. The Hall–Kier alpha value is -2.78. The molecule has 3 nitrogen and oxygen atoms in total. The Kier molecular flexibility index (Phi) is 7.02. The van der Waals surface area contributed by atoms with Crippen LogP contribution < -0.4 is 0 Å². The van der Waals surface area contributed by atoms with E-state index in [1.807, 2.05) is 25.2 Å². The normalized spacial score (nSPS) is 30.7. The van der Waals surface area contributed by atoms with Crippen molar-refractivity contribution in [3.05, 3.63) is 112 Å². The monoisotopic (exact) mass is 468 g/mol. The van der Waals surface area contributed by atoms with Gasteiger partial charge in [0.15, 0.2) is 5.54 Å². The molecule has 0 aromatic carbocycles. The summed E-state index contributed by atoms with van der Waals surface area (Å²) in [5.74, 6) is 0. The fourth-order valence-corrected chi connectivity index (χ4v) is 6.16. The van der Waals surface area contributed by atoms with Crippen LogP contribution in [-0.4, -0.2) is 27.5 Å². The highest BCUT2D eigenvalue weighted by Gasteiger charge is 2.69. The predicted molar refractivity (Wildman–Crippen MR) is 146 cm³/mol. The summed E-state index contributed by atoms with van der Waals surface area (Å²) in [5, 5.41) is 8.81. The molecule has 2 aliphatic heterocycles. The second kappa shape index (κ2) is 9.70. The standard InChI is InChI=1S/C20H30O.C12H10N2/c1-16(8-6-9-17(2)13-15-21)11-12-19-18(3)10-7-14-20(19,4)5;13-14-11-5-1-3-9(11)7-10-4-2-6-12(10,14)8-11/h6,8-9,11-13,21H,7,10,14-15H2,1-5H3;1-3,5-7H,4,8H2/b9-6+,12-11+,16-8+,17-13+;. The number of aliphatic hydroxyl groups is 1. The van der Waals surface area contributed by atoms with E-state index in [1.165, 1.54) is 51.8 Å². The van der Waals surface area contributed by atoms with Crippen molar-refractivity contribution in [3.8, 4) is 0 Å². The molecular weight excluding hydrogens is 428 g/mol. The Morgan fingerprint density at radius 1 is 1.14 bits per heavy atom. The summed E-state index contributed by atoms with van der Waals surface area (Å²) in [4.78, 5) is 0. The maximum Gasteiger partial charge on any atom is 0.204 e. The lowest BCUT2D eigenvalue weighted by atomic mass is 9.61. The van der Waals surface area contributed by atoms with Gasteiger partial charge in [-0.3, -0.25) is 4.70 Å². The Morgan fingerprint density at radius 3 is 2.66 bits per heavy atom. The van der Waals surface area contributed by atoms with E-state index in [2.05, 4.69) is 76.3 Å². The summed E-state index contributed by atoms with van der Waals surface area (Å²) in [7, 11) is 0. The first-order chi connectivity index (χ1) is 16.6. The third kappa shape index (κ3) is 4.59. The van der Waals surface area contributed by atoms with E-state index in [0.29, 0.717) is 5.41 Å². The van der Waals surface area contributed by atoms with Crippen molar-refractivity contribution in [2.75, 3.05) is 6.61 Å². The SMILES string of the molecule is CC1=C(/C=C/C(C)=C/C=C/C(C)=C/CO)C(C)(C)CCC1.[N-]=[N+]1C23C=CC=C2C=C2CC=CC21C3. The van der Waals surface area contributed by atoms with Gasteiger partial charge in [-0.2, -0.15) is 0 Å². The van der Waals surface area contributed by atoms with Crippen molar-refractivity contribution in [2.45, 2.75) is 77.8 Å². The highest BCUT2D eigenvalue weighted by Crippen LogP contribution is 2.59. The number of allylic oxidation sites excluding steroid dienone is 12. The van der Waals surface area contributed by atoms with E-state index < -0.39 is 0 Å². The second-order valence-electron chi connectivity index (χ2n) is 11.3. The number of hydrogen-bond acceptors (Lipinski definition) is 1. The minimum Gasteiger partial charge on any atom is -0.505 e. The molecule has 0 amide bonds. The highest BCUT2D eigenvalue weighted by atomic mass is 16.2. The molecule has 3 heteroatoms. The molecule has 1 saturated heterocycles. The quantitative estimate of drug-likeness (QED) is 0.250. The van der Waals surface area contributed by atoms with E-state index in [0.717, 1.165) is 18.4 Å². The average molecular weight is 469 g/mol. The molecule has 2 bridgehead atoms. The number of hydrogen-bond donors (Lipinski definition) is 1. The molecule has 2 unspecified atom stereocenters. The smallest absolute Gasteiger partial charge is 0.204 e. The molecule has 0 saturated carbocycles. The number of nitrogens with zero attached hydrogens (tertiary/aromatic N) is 2. The number of aliphatic hydroxyl groups excluding tert-OH is 1. The van der Waals surface area contributed by atoms with Crippen LogP contribution in [-0.2, 0) is 0 Å². The van der Waals surface area contributed by atoms with Gasteiger partial charge in [-0.05, 0) is 75.7 Å². The molecule has 0 aromatic heterocycles. The topological polar surface area (TPSA) is 45.5 Å². The van der Waals surface area contributed by atoms with E-state index in [-0.39, 0.29) is 17.7 Å². The van der Waals surface area contributed by atoms with Gasteiger partial charge in [0.05, 0.1) is 13.0 Å². The zero-order chi connectivity index (χ0) is 25.3. The Balaban J connectivity index is 0.000000176. The fraction of sp³-hybridized carbons (Fsp3) is 0.438. The molecule has 4 aliphatic carbocycles. The first-order valence-corrected chi connectivity index (χ1v) is 12.9. The number of rotatable bonds is 5. The van der Waals surface area contributed by atoms with Gasteiger partial charge < -0.3 is 10.6 Å². The van der Waals surface area contributed by atoms with Crippen molar-refractivity contribution in [2.24, 2.45) is 5.41 Å². The third-order valence-corrected chi connectivity index (χ3v) is 8.25. The Bertz CT molecular complexity index is 1180. The average Bonchev–Trinajstić information content (AvgIpc) is 3.43. The van der Waals surface area contributed by atoms with Gasteiger partial charge in [-0.15, -0.1) is 0 Å². The zero-order valence-corrected chi connectivity index (χ0v) is 22.0. The zero-order valence-electron chi connectivity index (χ0n) is 22.0. The summed E-state index contributed by atoms with van der Waals surface area (Å²) >= 11 is 0. The minimum absolute atomic E-state index is 0.0985. The summed E-state index contributed by atoms with van der Waals surface area (Å²) < 4.78 is 1.54.